The van der Waals surface area contributed by atoms with Gasteiger partial charge in [0.05, 0.1) is 0 Å². The Morgan fingerprint density at radius 3 is 2.52 bits per heavy atom. The van der Waals surface area contributed by atoms with Gasteiger partial charge < -0.3 is 4.74 Å². The van der Waals surface area contributed by atoms with Gasteiger partial charge in [0, 0.05) is 17.3 Å². The predicted octanol–water partition coefficient (Wildman–Crippen LogP) is 6.01. The number of fused-ring (bicyclic) bond motifs is 1. The van der Waals surface area contributed by atoms with Crippen LogP contribution in [0.25, 0.3) is 10.9 Å². The minimum absolute atomic E-state index is 0.0934. The highest BCUT2D eigenvalue weighted by Crippen LogP contribution is 2.23. The maximum absolute atomic E-state index is 12.0. The van der Waals surface area contributed by atoms with Gasteiger partial charge in [0.15, 0.2) is 6.61 Å². The van der Waals surface area contributed by atoms with Crippen molar-refractivity contribution in [2.75, 3.05) is 12.4 Å². The summed E-state index contributed by atoms with van der Waals surface area (Å²) in [5.41, 5.74) is 0.811. The number of carbonyl (C=O) groups is 1. The van der Waals surface area contributed by atoms with E-state index in [1.165, 1.54) is 56.7 Å². The molecular weight excluding hydrogens is 330 g/mol. The molecule has 0 radical (unpaired) electrons. The third-order valence-corrected chi connectivity index (χ3v) is 5.13. The van der Waals surface area contributed by atoms with Gasteiger partial charge in [-0.05, 0) is 18.6 Å². The van der Waals surface area contributed by atoms with Gasteiger partial charge in [-0.15, -0.1) is 0 Å². The Balaban J connectivity index is 1.58. The molecule has 0 aliphatic heterocycles. The summed E-state index contributed by atoms with van der Waals surface area (Å²) < 4.78 is 5.68. The Morgan fingerprint density at radius 1 is 1.00 bits per heavy atom. The molecule has 4 heteroatoms. The molecule has 2 aromatic rings. The number of carbonyl (C=O) groups excluding carboxylic acids is 1. The van der Waals surface area contributed by atoms with Crippen LogP contribution in [0.1, 0.15) is 58.3 Å². The summed E-state index contributed by atoms with van der Waals surface area (Å²) in [5, 5.41) is 1.12. The topological polar surface area (TPSA) is 39.2 Å². The molecule has 3 nitrogen and oxygen atoms in total. The van der Waals surface area contributed by atoms with Crippen LogP contribution in [0.3, 0.4) is 0 Å². The van der Waals surface area contributed by atoms with Crippen LogP contribution in [0.2, 0.25) is 0 Å². The van der Waals surface area contributed by atoms with E-state index in [1.54, 1.807) is 6.20 Å². The van der Waals surface area contributed by atoms with E-state index in [4.69, 9.17) is 4.74 Å². The second-order valence-corrected chi connectivity index (χ2v) is 7.47. The molecule has 0 amide bonds. The van der Waals surface area contributed by atoms with Crippen molar-refractivity contribution in [3.63, 3.8) is 0 Å². The van der Waals surface area contributed by atoms with Crippen molar-refractivity contribution in [2.24, 2.45) is 0 Å². The quantitative estimate of drug-likeness (QED) is 0.435. The van der Waals surface area contributed by atoms with Gasteiger partial charge in [-0.25, -0.2) is 0 Å². The van der Waals surface area contributed by atoms with Crippen LogP contribution < -0.4 is 4.74 Å². The smallest absolute Gasteiger partial charge is 0.226 e. The molecule has 1 aromatic heterocycles. The van der Waals surface area contributed by atoms with E-state index < -0.39 is 0 Å². The van der Waals surface area contributed by atoms with Gasteiger partial charge in [-0.1, -0.05) is 81.8 Å². The van der Waals surface area contributed by atoms with Crippen LogP contribution in [0.15, 0.2) is 36.5 Å². The number of benzene rings is 1. The fraction of sp³-hybridized carbons (Fsp3) is 0.524. The molecule has 2 rings (SSSR count). The Bertz CT molecular complexity index is 639. The first-order valence-electron chi connectivity index (χ1n) is 9.43. The van der Waals surface area contributed by atoms with Gasteiger partial charge in [0.25, 0.3) is 0 Å². The Morgan fingerprint density at radius 2 is 1.72 bits per heavy atom. The second-order valence-electron chi connectivity index (χ2n) is 6.32. The largest absolute Gasteiger partial charge is 0.483 e. The second kappa shape index (κ2) is 11.9. The molecular formula is C21H29NO2S. The molecule has 1 aromatic carbocycles. The van der Waals surface area contributed by atoms with Gasteiger partial charge in [0.2, 0.25) is 5.12 Å². The fourth-order valence-electron chi connectivity index (χ4n) is 2.79. The summed E-state index contributed by atoms with van der Waals surface area (Å²) in [6.07, 6.45) is 12.1. The third kappa shape index (κ3) is 7.47. The summed E-state index contributed by atoms with van der Waals surface area (Å²) in [7, 11) is 0. The molecule has 0 saturated carbocycles. The molecule has 0 bridgehead atoms. The first-order chi connectivity index (χ1) is 12.3. The van der Waals surface area contributed by atoms with E-state index >= 15 is 0 Å². The third-order valence-electron chi connectivity index (χ3n) is 4.20. The summed E-state index contributed by atoms with van der Waals surface area (Å²) in [5.74, 6) is 1.57. The molecule has 1 heterocycles. The number of nitrogens with zero attached hydrogens (tertiary/aromatic N) is 1. The van der Waals surface area contributed by atoms with Crippen molar-refractivity contribution in [1.29, 1.82) is 0 Å². The monoisotopic (exact) mass is 359 g/mol. The number of para-hydroxylation sites is 1. The van der Waals surface area contributed by atoms with Crippen molar-refractivity contribution >= 4 is 27.8 Å². The highest BCUT2D eigenvalue weighted by Gasteiger charge is 2.07. The SMILES string of the molecule is CCCCCCCCCCSC(=O)COc1cccc2cccnc12. The van der Waals surface area contributed by atoms with Crippen LogP contribution in [0.5, 0.6) is 5.75 Å². The highest BCUT2D eigenvalue weighted by atomic mass is 32.2. The number of unbranched alkanes of at least 4 members (excludes halogenated alkanes) is 7. The molecule has 0 spiro atoms. The lowest BCUT2D eigenvalue weighted by Gasteiger charge is -2.07. The molecule has 0 atom stereocenters. The van der Waals surface area contributed by atoms with Crippen LogP contribution in [-0.4, -0.2) is 22.5 Å². The number of hydrogen-bond acceptors (Lipinski definition) is 4. The van der Waals surface area contributed by atoms with Crippen molar-refractivity contribution < 1.29 is 9.53 Å². The summed E-state index contributed by atoms with van der Waals surface area (Å²) in [6, 6.07) is 9.68. The molecule has 136 valence electrons. The Labute approximate surface area is 155 Å². The number of aromatic nitrogens is 1. The number of ether oxygens (including phenoxy) is 1. The Kier molecular flexibility index (Phi) is 9.42. The maximum Gasteiger partial charge on any atom is 0.226 e. The lowest BCUT2D eigenvalue weighted by Crippen LogP contribution is -2.08. The van der Waals surface area contributed by atoms with Crippen molar-refractivity contribution in [3.8, 4) is 5.75 Å². The zero-order valence-electron chi connectivity index (χ0n) is 15.2. The lowest BCUT2D eigenvalue weighted by molar-refractivity contribution is -0.112. The number of rotatable bonds is 12. The van der Waals surface area contributed by atoms with Crippen LogP contribution in [-0.2, 0) is 4.79 Å². The number of thioether (sulfide) groups is 1. The maximum atomic E-state index is 12.0. The Hall–Kier alpha value is -1.55. The summed E-state index contributed by atoms with van der Waals surface area (Å²) >= 11 is 1.39. The minimum atomic E-state index is 0.0934. The van der Waals surface area contributed by atoms with Crippen LogP contribution in [0.4, 0.5) is 0 Å². The van der Waals surface area contributed by atoms with E-state index in [0.29, 0.717) is 5.75 Å². The standard InChI is InChI=1S/C21H29NO2S/c1-2-3-4-5-6-7-8-9-16-25-20(23)17-24-19-14-10-12-18-13-11-15-22-21(18)19/h10-15H,2-9,16-17H2,1H3. The molecule has 0 aliphatic rings. The molecule has 25 heavy (non-hydrogen) atoms. The normalized spacial score (nSPS) is 10.9. The van der Waals surface area contributed by atoms with Gasteiger partial charge in [-0.3, -0.25) is 9.78 Å². The minimum Gasteiger partial charge on any atom is -0.483 e. The van der Waals surface area contributed by atoms with Gasteiger partial charge >= 0.3 is 0 Å². The van der Waals surface area contributed by atoms with Crippen LogP contribution in [0, 0.1) is 0 Å². The first kappa shape index (κ1) is 19.8. The molecule has 0 aliphatic carbocycles. The number of hydrogen-bond donors (Lipinski definition) is 0. The predicted molar refractivity (Wildman–Crippen MR) is 107 cm³/mol. The molecule has 0 unspecified atom stereocenters. The molecule has 0 N–H and O–H groups in total. The van der Waals surface area contributed by atoms with E-state index in [2.05, 4.69) is 11.9 Å². The van der Waals surface area contributed by atoms with Gasteiger partial charge in [0.1, 0.15) is 11.3 Å². The van der Waals surface area contributed by atoms with Crippen molar-refractivity contribution in [3.05, 3.63) is 36.5 Å². The van der Waals surface area contributed by atoms with Gasteiger partial charge in [-0.2, -0.15) is 0 Å². The molecule has 0 saturated heterocycles. The van der Waals surface area contributed by atoms with E-state index in [9.17, 15) is 4.79 Å². The summed E-state index contributed by atoms with van der Waals surface area (Å²) in [4.78, 5) is 16.3. The van der Waals surface area contributed by atoms with E-state index in [1.807, 2.05) is 30.3 Å². The van der Waals surface area contributed by atoms with Crippen molar-refractivity contribution in [2.45, 2.75) is 58.3 Å². The summed E-state index contributed by atoms with van der Waals surface area (Å²) in [6.45, 7) is 2.35. The number of pyridine rings is 1. The average Bonchev–Trinajstić information content (AvgIpc) is 2.65. The zero-order chi connectivity index (χ0) is 17.7. The van der Waals surface area contributed by atoms with E-state index in [0.717, 1.165) is 23.1 Å². The van der Waals surface area contributed by atoms with E-state index in [-0.39, 0.29) is 11.7 Å². The highest BCUT2D eigenvalue weighted by molar-refractivity contribution is 8.13. The lowest BCUT2D eigenvalue weighted by atomic mass is 10.1. The molecule has 0 fully saturated rings. The first-order valence-corrected chi connectivity index (χ1v) is 10.4. The van der Waals surface area contributed by atoms with Crippen molar-refractivity contribution in [1.82, 2.24) is 4.98 Å². The average molecular weight is 360 g/mol. The van der Waals surface area contributed by atoms with Crippen LogP contribution >= 0.6 is 11.8 Å². The zero-order valence-corrected chi connectivity index (χ0v) is 16.0. The fourth-order valence-corrected chi connectivity index (χ4v) is 3.51.